The van der Waals surface area contributed by atoms with Crippen LogP contribution >= 0.6 is 38.6 Å². The standard InChI is InChI=1S/C13H20N2O3S.C10H17NO3.C4H9.C3H2BrNS.Li/c1-12(2,3)18-11(16)15-7-4-13(17,5-8-15)10-14-6-9-19-10;1-10(2,3)14-9(13)11-6-4-8(12)5-7-11;1-3-4-2;4-3-5-1-2-6-3;/h6,9,17H,4-5,7-8H2,1-3H3;4-7H2,1-3H3;1,3-4H2,2H3;1-2H;/q;;-1;;+1. The summed E-state index contributed by atoms with van der Waals surface area (Å²) in [4.78, 5) is 45.6. The van der Waals surface area contributed by atoms with Gasteiger partial charge in [-0.1, -0.05) is 13.3 Å². The third-order valence-electron chi connectivity index (χ3n) is 5.80. The van der Waals surface area contributed by atoms with E-state index < -0.39 is 16.8 Å². The van der Waals surface area contributed by atoms with Crippen molar-refractivity contribution in [1.82, 2.24) is 19.8 Å². The smallest absolute Gasteiger partial charge is 0.444 e. The van der Waals surface area contributed by atoms with Crippen molar-refractivity contribution in [3.63, 3.8) is 0 Å². The summed E-state index contributed by atoms with van der Waals surface area (Å²) in [6.07, 6.45) is 7.02. The van der Waals surface area contributed by atoms with Gasteiger partial charge >= 0.3 is 31.0 Å². The Morgan fingerprint density at radius 3 is 1.68 bits per heavy atom. The van der Waals surface area contributed by atoms with Crippen molar-refractivity contribution in [2.24, 2.45) is 0 Å². The van der Waals surface area contributed by atoms with Crippen molar-refractivity contribution in [3.8, 4) is 0 Å². The van der Waals surface area contributed by atoms with E-state index in [1.54, 1.807) is 33.5 Å². The zero-order chi connectivity index (χ0) is 32.7. The number of aliphatic hydroxyl groups is 1. The Kier molecular flexibility index (Phi) is 19.9. The Labute approximate surface area is 291 Å². The molecule has 2 saturated heterocycles. The minimum Gasteiger partial charge on any atom is -0.444 e. The number of nitrogens with zero attached hydrogens (tertiary/aromatic N) is 4. The molecule has 244 valence electrons. The number of likely N-dealkylation sites (tertiary alicyclic amines) is 2. The summed E-state index contributed by atoms with van der Waals surface area (Å²) in [5, 5.41) is 15.0. The summed E-state index contributed by atoms with van der Waals surface area (Å²) in [7, 11) is 0. The average Bonchev–Trinajstić information content (AvgIpc) is 3.63. The second-order valence-corrected chi connectivity index (χ2v) is 15.0. The minimum absolute atomic E-state index is 0. The van der Waals surface area contributed by atoms with Crippen molar-refractivity contribution in [2.45, 2.75) is 104 Å². The number of rotatable bonds is 2. The zero-order valence-corrected chi connectivity index (χ0v) is 30.8. The Hall–Kier alpha value is -1.49. The van der Waals surface area contributed by atoms with Crippen LogP contribution in [0.5, 0.6) is 0 Å². The van der Waals surface area contributed by atoms with Crippen LogP contribution in [-0.4, -0.2) is 80.2 Å². The number of Topliss-reactive ketones (excluding diaryl/α,β-unsaturated/α-hetero) is 1. The number of carbonyl (C=O) groups excluding carboxylic acids is 3. The van der Waals surface area contributed by atoms with E-state index in [1.165, 1.54) is 17.8 Å². The normalized spacial score (nSPS) is 16.0. The first-order valence-corrected chi connectivity index (χ1v) is 17.0. The second kappa shape index (κ2) is 20.6. The van der Waals surface area contributed by atoms with Crippen LogP contribution in [0.4, 0.5) is 9.59 Å². The van der Waals surface area contributed by atoms with Crippen LogP contribution in [0.3, 0.4) is 0 Å². The topological polar surface area (TPSA) is 122 Å². The van der Waals surface area contributed by atoms with Crippen LogP contribution in [0.15, 0.2) is 27.1 Å². The summed E-state index contributed by atoms with van der Waals surface area (Å²) >= 11 is 6.22. The molecule has 2 aliphatic rings. The molecule has 4 rings (SSSR count). The molecule has 2 amide bonds. The van der Waals surface area contributed by atoms with Gasteiger partial charge in [0.1, 0.15) is 27.6 Å². The molecule has 10 nitrogen and oxygen atoms in total. The van der Waals surface area contributed by atoms with Gasteiger partial charge in [-0.3, -0.25) is 4.79 Å². The number of carbonyl (C=O) groups is 3. The molecular weight excluding hydrogens is 663 g/mol. The maximum Gasteiger partial charge on any atom is 1.00 e. The fourth-order valence-electron chi connectivity index (χ4n) is 3.52. The van der Waals surface area contributed by atoms with Gasteiger partial charge in [0.15, 0.2) is 3.92 Å². The molecule has 0 bridgehead atoms. The van der Waals surface area contributed by atoms with Crippen LogP contribution < -0.4 is 18.9 Å². The van der Waals surface area contributed by atoms with Crippen LogP contribution in [0.1, 0.15) is 92.0 Å². The zero-order valence-electron chi connectivity index (χ0n) is 27.6. The number of aromatic nitrogens is 2. The van der Waals surface area contributed by atoms with Crippen LogP contribution in [0.2, 0.25) is 0 Å². The number of amides is 2. The minimum atomic E-state index is -0.896. The van der Waals surface area contributed by atoms with Crippen molar-refractivity contribution >= 4 is 56.6 Å². The van der Waals surface area contributed by atoms with Crippen molar-refractivity contribution in [2.75, 3.05) is 26.2 Å². The Morgan fingerprint density at radius 1 is 0.932 bits per heavy atom. The van der Waals surface area contributed by atoms with E-state index in [4.69, 9.17) is 9.47 Å². The van der Waals surface area contributed by atoms with Gasteiger partial charge in [-0.05, 0) is 57.5 Å². The van der Waals surface area contributed by atoms with Gasteiger partial charge in [-0.2, -0.15) is 6.42 Å². The third-order valence-corrected chi connectivity index (χ3v) is 8.09. The van der Waals surface area contributed by atoms with Crippen molar-refractivity contribution in [1.29, 1.82) is 0 Å². The van der Waals surface area contributed by atoms with Gasteiger partial charge < -0.3 is 31.3 Å². The molecule has 0 aromatic carbocycles. The van der Waals surface area contributed by atoms with Gasteiger partial charge in [0.25, 0.3) is 0 Å². The molecular formula is C30H48BrLiN4O6S2. The van der Waals surface area contributed by atoms with Gasteiger partial charge in [0.2, 0.25) is 0 Å². The van der Waals surface area contributed by atoms with Crippen LogP contribution in [0, 0.1) is 6.92 Å². The monoisotopic (exact) mass is 710 g/mol. The summed E-state index contributed by atoms with van der Waals surface area (Å²) in [6, 6.07) is 0. The molecule has 2 aromatic heterocycles. The number of ketones is 1. The van der Waals surface area contributed by atoms with E-state index in [9.17, 15) is 19.5 Å². The summed E-state index contributed by atoms with van der Waals surface area (Å²) in [5.41, 5.74) is -1.84. The fraction of sp³-hybridized carbons (Fsp3) is 0.667. The number of halogens is 1. The maximum absolute atomic E-state index is 11.9. The number of hydrogen-bond acceptors (Lipinski definition) is 10. The van der Waals surface area contributed by atoms with Gasteiger partial charge in [0.05, 0.1) is 0 Å². The van der Waals surface area contributed by atoms with E-state index in [1.807, 2.05) is 52.3 Å². The van der Waals surface area contributed by atoms with E-state index in [0.29, 0.717) is 51.9 Å². The SMILES string of the molecule is Brc1nccs1.CC(C)(C)OC(=O)N1CCC(=O)CC1.CC(C)(C)OC(=O)N1CCC(O)(c2nccs2)CC1.[CH2-]CCC.[Li+]. The number of unbranched alkanes of at least 4 members (excludes halogenated alkanes) is 1. The first-order chi connectivity index (χ1) is 20.0. The van der Waals surface area contributed by atoms with Crippen LogP contribution in [0.25, 0.3) is 0 Å². The van der Waals surface area contributed by atoms with Crippen molar-refractivity contribution in [3.05, 3.63) is 39.0 Å². The van der Waals surface area contributed by atoms with E-state index in [0.717, 1.165) is 15.3 Å². The molecule has 2 aliphatic heterocycles. The fourth-order valence-corrected chi connectivity index (χ4v) is 5.12. The molecule has 0 saturated carbocycles. The summed E-state index contributed by atoms with van der Waals surface area (Å²) in [6.45, 7) is 18.7. The number of thiazole rings is 2. The predicted molar refractivity (Wildman–Crippen MR) is 175 cm³/mol. The molecule has 14 heteroatoms. The van der Waals surface area contributed by atoms with Gasteiger partial charge in [-0.15, -0.1) is 22.7 Å². The molecule has 1 N–H and O–H groups in total. The number of ether oxygens (including phenoxy) is 2. The molecule has 0 spiro atoms. The van der Waals surface area contributed by atoms with Gasteiger partial charge in [-0.25, -0.2) is 19.6 Å². The molecule has 0 unspecified atom stereocenters. The molecule has 2 fully saturated rings. The summed E-state index contributed by atoms with van der Waals surface area (Å²) < 4.78 is 11.5. The molecule has 44 heavy (non-hydrogen) atoms. The molecule has 0 aliphatic carbocycles. The third kappa shape index (κ3) is 17.9. The van der Waals surface area contributed by atoms with Crippen molar-refractivity contribution < 1.29 is 47.8 Å². The first-order valence-electron chi connectivity index (χ1n) is 14.4. The Balaban J connectivity index is 0.000000645. The van der Waals surface area contributed by atoms with Crippen LogP contribution in [-0.2, 0) is 19.9 Å². The first kappa shape index (κ1) is 42.5. The predicted octanol–water partition coefficient (Wildman–Crippen LogP) is 4.48. The second-order valence-electron chi connectivity index (χ2n) is 12.0. The van der Waals surface area contributed by atoms with E-state index >= 15 is 0 Å². The Morgan fingerprint density at radius 2 is 1.36 bits per heavy atom. The number of piperidine rings is 2. The number of hydrogen-bond donors (Lipinski definition) is 1. The summed E-state index contributed by atoms with van der Waals surface area (Å²) in [5.74, 6) is 0.227. The average molecular weight is 712 g/mol. The Bertz CT molecular complexity index is 1070. The molecule has 2 aromatic rings. The largest absolute Gasteiger partial charge is 1.00 e. The molecule has 0 atom stereocenters. The molecule has 4 heterocycles. The van der Waals surface area contributed by atoms with E-state index in [2.05, 4.69) is 39.7 Å². The van der Waals surface area contributed by atoms with Gasteiger partial charge in [0, 0.05) is 75.0 Å². The maximum atomic E-state index is 11.9. The van der Waals surface area contributed by atoms with E-state index in [-0.39, 0.29) is 36.8 Å². The quantitative estimate of drug-likeness (QED) is 0.358. The molecule has 0 radical (unpaired) electrons.